The first kappa shape index (κ1) is 7.10. The summed E-state index contributed by atoms with van der Waals surface area (Å²) in [5, 5.41) is 0. The van der Waals surface area contributed by atoms with E-state index in [1.807, 2.05) is 35.7 Å². The SMILES string of the molecule is Cc1cc(=O)cc2ccccn12. The summed E-state index contributed by atoms with van der Waals surface area (Å²) in [4.78, 5) is 11.1. The molecule has 0 aliphatic heterocycles. The zero-order valence-electron chi connectivity index (χ0n) is 6.82. The minimum absolute atomic E-state index is 0.0682. The molecule has 2 nitrogen and oxygen atoms in total. The number of pyridine rings is 2. The van der Waals surface area contributed by atoms with Crippen molar-refractivity contribution in [1.82, 2.24) is 4.40 Å². The zero-order chi connectivity index (χ0) is 8.55. The Morgan fingerprint density at radius 2 is 2.08 bits per heavy atom. The van der Waals surface area contributed by atoms with Crippen molar-refractivity contribution in [2.75, 3.05) is 0 Å². The fraction of sp³-hybridized carbons (Fsp3) is 0.100. The first-order valence-electron chi connectivity index (χ1n) is 3.85. The second kappa shape index (κ2) is 2.48. The highest BCUT2D eigenvalue weighted by Crippen LogP contribution is 2.02. The van der Waals surface area contributed by atoms with Crippen molar-refractivity contribution in [3.8, 4) is 0 Å². The Morgan fingerprint density at radius 3 is 2.92 bits per heavy atom. The Kier molecular flexibility index (Phi) is 1.47. The van der Waals surface area contributed by atoms with Gasteiger partial charge in [-0.3, -0.25) is 4.79 Å². The van der Waals surface area contributed by atoms with Crippen LogP contribution in [0.1, 0.15) is 5.69 Å². The third kappa shape index (κ3) is 1.01. The maximum absolute atomic E-state index is 11.1. The van der Waals surface area contributed by atoms with Crippen LogP contribution in [-0.2, 0) is 0 Å². The first-order chi connectivity index (χ1) is 5.77. The smallest absolute Gasteiger partial charge is 0.182 e. The molecule has 0 aromatic carbocycles. The third-order valence-corrected chi connectivity index (χ3v) is 1.91. The summed E-state index contributed by atoms with van der Waals surface area (Å²) in [6.45, 7) is 1.92. The van der Waals surface area contributed by atoms with Crippen molar-refractivity contribution in [3.05, 3.63) is 52.4 Å². The van der Waals surface area contributed by atoms with Crippen molar-refractivity contribution in [1.29, 1.82) is 0 Å². The van der Waals surface area contributed by atoms with Gasteiger partial charge < -0.3 is 4.40 Å². The molecule has 0 spiro atoms. The molecule has 2 heteroatoms. The molecule has 0 radical (unpaired) electrons. The van der Waals surface area contributed by atoms with Gasteiger partial charge in [-0.25, -0.2) is 0 Å². The number of fused-ring (bicyclic) bond motifs is 1. The number of hydrogen-bond acceptors (Lipinski definition) is 1. The van der Waals surface area contributed by atoms with E-state index >= 15 is 0 Å². The molecule has 0 N–H and O–H groups in total. The number of aromatic nitrogens is 1. The second-order valence-electron chi connectivity index (χ2n) is 2.83. The Labute approximate surface area is 70.1 Å². The van der Waals surface area contributed by atoms with Crippen LogP contribution in [0, 0.1) is 6.92 Å². The van der Waals surface area contributed by atoms with Crippen LogP contribution in [0.15, 0.2) is 41.3 Å². The number of rotatable bonds is 0. The lowest BCUT2D eigenvalue weighted by atomic mass is 10.3. The predicted molar refractivity (Wildman–Crippen MR) is 48.4 cm³/mol. The van der Waals surface area contributed by atoms with Crippen LogP contribution in [0.3, 0.4) is 0 Å². The van der Waals surface area contributed by atoms with Gasteiger partial charge >= 0.3 is 0 Å². The lowest BCUT2D eigenvalue weighted by Crippen LogP contribution is -2.03. The largest absolute Gasteiger partial charge is 0.321 e. The van der Waals surface area contributed by atoms with E-state index in [2.05, 4.69) is 0 Å². The highest BCUT2D eigenvalue weighted by Gasteiger charge is 1.94. The van der Waals surface area contributed by atoms with E-state index in [0.29, 0.717) is 0 Å². The molecule has 2 aromatic rings. The zero-order valence-corrected chi connectivity index (χ0v) is 6.82. The van der Waals surface area contributed by atoms with Gasteiger partial charge in [0.05, 0.1) is 0 Å². The highest BCUT2D eigenvalue weighted by atomic mass is 16.1. The molecule has 0 fully saturated rings. The average Bonchev–Trinajstić information content (AvgIpc) is 2.04. The molecule has 2 rings (SSSR count). The van der Waals surface area contributed by atoms with E-state index in [0.717, 1.165) is 11.2 Å². The predicted octanol–water partition coefficient (Wildman–Crippen LogP) is 1.61. The monoisotopic (exact) mass is 159 g/mol. The molecule has 0 aliphatic carbocycles. The quantitative estimate of drug-likeness (QED) is 0.572. The van der Waals surface area contributed by atoms with E-state index in [1.165, 1.54) is 0 Å². The number of aryl methyl sites for hydroxylation is 1. The van der Waals surface area contributed by atoms with Crippen LogP contribution in [0.5, 0.6) is 0 Å². The molecule has 0 unspecified atom stereocenters. The minimum atomic E-state index is 0.0682. The van der Waals surface area contributed by atoms with Crippen molar-refractivity contribution in [2.24, 2.45) is 0 Å². The number of nitrogens with zero attached hydrogens (tertiary/aromatic N) is 1. The molecule has 0 saturated carbocycles. The maximum Gasteiger partial charge on any atom is 0.182 e. The van der Waals surface area contributed by atoms with Gasteiger partial charge in [0.2, 0.25) is 0 Å². The van der Waals surface area contributed by atoms with Crippen LogP contribution in [-0.4, -0.2) is 4.40 Å². The molecule has 2 heterocycles. The summed E-state index contributed by atoms with van der Waals surface area (Å²) in [5.74, 6) is 0. The molecule has 2 aromatic heterocycles. The topological polar surface area (TPSA) is 21.5 Å². The summed E-state index contributed by atoms with van der Waals surface area (Å²) in [7, 11) is 0. The number of hydrogen-bond donors (Lipinski definition) is 0. The molecule has 12 heavy (non-hydrogen) atoms. The van der Waals surface area contributed by atoms with Crippen molar-refractivity contribution >= 4 is 5.52 Å². The maximum atomic E-state index is 11.1. The Hall–Kier alpha value is -1.57. The first-order valence-corrected chi connectivity index (χ1v) is 3.85. The fourth-order valence-corrected chi connectivity index (χ4v) is 1.36. The van der Waals surface area contributed by atoms with Gasteiger partial charge in [-0.1, -0.05) is 6.07 Å². The molecule has 0 bridgehead atoms. The van der Waals surface area contributed by atoms with Gasteiger partial charge in [-0.05, 0) is 19.1 Å². The fourth-order valence-electron chi connectivity index (χ4n) is 1.36. The summed E-state index contributed by atoms with van der Waals surface area (Å²) in [6.07, 6.45) is 1.95. The lowest BCUT2D eigenvalue weighted by Gasteiger charge is -2.02. The van der Waals surface area contributed by atoms with Crippen LogP contribution in [0.2, 0.25) is 0 Å². The Balaban J connectivity index is 2.99. The minimum Gasteiger partial charge on any atom is -0.321 e. The normalized spacial score (nSPS) is 10.4. The van der Waals surface area contributed by atoms with Crippen molar-refractivity contribution in [2.45, 2.75) is 6.92 Å². The van der Waals surface area contributed by atoms with E-state index in [1.54, 1.807) is 12.1 Å². The summed E-state index contributed by atoms with van der Waals surface area (Å²) in [6, 6.07) is 9.06. The second-order valence-corrected chi connectivity index (χ2v) is 2.83. The molecular weight excluding hydrogens is 150 g/mol. The van der Waals surface area contributed by atoms with Gasteiger partial charge in [0.15, 0.2) is 5.43 Å². The van der Waals surface area contributed by atoms with E-state index < -0.39 is 0 Å². The summed E-state index contributed by atoms with van der Waals surface area (Å²) < 4.78 is 1.99. The van der Waals surface area contributed by atoms with Gasteiger partial charge in [0.1, 0.15) is 0 Å². The van der Waals surface area contributed by atoms with Crippen LogP contribution < -0.4 is 5.43 Å². The van der Waals surface area contributed by atoms with Gasteiger partial charge in [0.25, 0.3) is 0 Å². The van der Waals surface area contributed by atoms with E-state index in [4.69, 9.17) is 0 Å². The summed E-state index contributed by atoms with van der Waals surface area (Å²) in [5.41, 5.74) is 1.99. The molecule has 60 valence electrons. The molecule has 0 aliphatic rings. The molecule has 0 saturated heterocycles. The van der Waals surface area contributed by atoms with Gasteiger partial charge in [-0.15, -0.1) is 0 Å². The van der Waals surface area contributed by atoms with E-state index in [9.17, 15) is 4.79 Å². The molecule has 0 atom stereocenters. The third-order valence-electron chi connectivity index (χ3n) is 1.91. The van der Waals surface area contributed by atoms with Crippen molar-refractivity contribution in [3.63, 3.8) is 0 Å². The van der Waals surface area contributed by atoms with Gasteiger partial charge in [0, 0.05) is 29.5 Å². The summed E-state index contributed by atoms with van der Waals surface area (Å²) >= 11 is 0. The molecular formula is C10H9NO. The standard InChI is InChI=1S/C10H9NO/c1-8-6-10(12)7-9-4-2-3-5-11(8)9/h2-7H,1H3. The van der Waals surface area contributed by atoms with Crippen LogP contribution in [0.4, 0.5) is 0 Å². The lowest BCUT2D eigenvalue weighted by molar-refractivity contribution is 1.07. The van der Waals surface area contributed by atoms with Crippen molar-refractivity contribution < 1.29 is 0 Å². The van der Waals surface area contributed by atoms with E-state index in [-0.39, 0.29) is 5.43 Å². The van der Waals surface area contributed by atoms with Crippen LogP contribution in [0.25, 0.3) is 5.52 Å². The molecule has 0 amide bonds. The Bertz CT molecular complexity index is 470. The Morgan fingerprint density at radius 1 is 1.25 bits per heavy atom. The van der Waals surface area contributed by atoms with Crippen LogP contribution >= 0.6 is 0 Å². The average molecular weight is 159 g/mol. The van der Waals surface area contributed by atoms with Gasteiger partial charge in [-0.2, -0.15) is 0 Å². The highest BCUT2D eigenvalue weighted by molar-refractivity contribution is 5.47.